The van der Waals surface area contributed by atoms with Crippen LogP contribution < -0.4 is 0 Å². The van der Waals surface area contributed by atoms with Crippen molar-refractivity contribution in [1.29, 1.82) is 0 Å². The second-order valence-corrected chi connectivity index (χ2v) is 5.52. The Morgan fingerprint density at radius 3 is 2.65 bits per heavy atom. The fourth-order valence-electron chi connectivity index (χ4n) is 2.86. The number of methoxy groups -OCH3 is 1. The first-order chi connectivity index (χ1) is 11.1. The summed E-state index contributed by atoms with van der Waals surface area (Å²) in [7, 11) is 1.41. The van der Waals surface area contributed by atoms with Gasteiger partial charge in [-0.1, -0.05) is 30.3 Å². The lowest BCUT2D eigenvalue weighted by molar-refractivity contribution is -0.358. The molecule has 1 aromatic rings. The molecular weight excluding hydrogens is 304 g/mol. The fraction of sp³-hybridized carbons (Fsp3) is 0.562. The van der Waals surface area contributed by atoms with Gasteiger partial charge in [0, 0.05) is 19.6 Å². The topological polar surface area (TPSA) is 83.5 Å². The SMILES string of the molecule is CO[C@@H]1O[C@@H]2COC(c3ccccc3)O[C@H]2[C@@H](OC(C)=O)[C@H]1O. The van der Waals surface area contributed by atoms with Crippen molar-refractivity contribution in [3.05, 3.63) is 35.9 Å². The maximum absolute atomic E-state index is 11.4. The lowest BCUT2D eigenvalue weighted by Gasteiger charge is -2.46. The number of esters is 1. The van der Waals surface area contributed by atoms with Gasteiger partial charge < -0.3 is 28.8 Å². The minimum Gasteiger partial charge on any atom is -0.457 e. The van der Waals surface area contributed by atoms with Gasteiger partial charge in [0.25, 0.3) is 0 Å². The summed E-state index contributed by atoms with van der Waals surface area (Å²) in [5, 5.41) is 10.3. The highest BCUT2D eigenvalue weighted by Gasteiger charge is 2.51. The Balaban J connectivity index is 1.80. The normalized spacial score (nSPS) is 37.0. The van der Waals surface area contributed by atoms with E-state index in [2.05, 4.69) is 0 Å². The summed E-state index contributed by atoms with van der Waals surface area (Å²) < 4.78 is 27.6. The van der Waals surface area contributed by atoms with Crippen molar-refractivity contribution in [3.8, 4) is 0 Å². The maximum atomic E-state index is 11.4. The van der Waals surface area contributed by atoms with Crippen LogP contribution in [0, 0.1) is 0 Å². The molecule has 2 aliphatic rings. The second-order valence-electron chi connectivity index (χ2n) is 5.52. The summed E-state index contributed by atoms with van der Waals surface area (Å²) in [6.45, 7) is 1.53. The molecule has 0 aliphatic carbocycles. The molecule has 7 nitrogen and oxygen atoms in total. The van der Waals surface area contributed by atoms with Gasteiger partial charge in [-0.25, -0.2) is 0 Å². The highest BCUT2D eigenvalue weighted by Crippen LogP contribution is 2.35. The monoisotopic (exact) mass is 324 g/mol. The largest absolute Gasteiger partial charge is 0.457 e. The van der Waals surface area contributed by atoms with E-state index in [1.54, 1.807) is 0 Å². The van der Waals surface area contributed by atoms with Crippen LogP contribution in [-0.2, 0) is 28.5 Å². The minimum absolute atomic E-state index is 0.245. The van der Waals surface area contributed by atoms with Crippen LogP contribution >= 0.6 is 0 Å². The molecule has 0 bridgehead atoms. The number of hydrogen-bond acceptors (Lipinski definition) is 7. The predicted octanol–water partition coefficient (Wildman–Crippen LogP) is 0.764. The van der Waals surface area contributed by atoms with Crippen molar-refractivity contribution in [3.63, 3.8) is 0 Å². The summed E-state index contributed by atoms with van der Waals surface area (Å²) in [6, 6.07) is 9.41. The van der Waals surface area contributed by atoms with Crippen molar-refractivity contribution >= 4 is 5.97 Å². The zero-order chi connectivity index (χ0) is 16.4. The van der Waals surface area contributed by atoms with Crippen LogP contribution in [0.3, 0.4) is 0 Å². The molecule has 2 aliphatic heterocycles. The van der Waals surface area contributed by atoms with Gasteiger partial charge in [0.1, 0.15) is 18.3 Å². The van der Waals surface area contributed by atoms with Crippen LogP contribution in [-0.4, -0.2) is 55.5 Å². The maximum Gasteiger partial charge on any atom is 0.303 e. The van der Waals surface area contributed by atoms with E-state index in [0.29, 0.717) is 0 Å². The van der Waals surface area contributed by atoms with Crippen LogP contribution in [0.4, 0.5) is 0 Å². The summed E-state index contributed by atoms with van der Waals surface area (Å²) >= 11 is 0. The number of carbonyl (C=O) groups is 1. The summed E-state index contributed by atoms with van der Waals surface area (Å²) in [5.41, 5.74) is 0.843. The average Bonchev–Trinajstić information content (AvgIpc) is 2.57. The lowest BCUT2D eigenvalue weighted by Crippen LogP contribution is -2.63. The first-order valence-electron chi connectivity index (χ1n) is 7.45. The summed E-state index contributed by atoms with van der Waals surface area (Å²) in [6.07, 6.45) is -4.66. The minimum atomic E-state index is -1.14. The molecule has 7 heteroatoms. The number of carbonyl (C=O) groups excluding carboxylic acids is 1. The van der Waals surface area contributed by atoms with Crippen LogP contribution in [0.5, 0.6) is 0 Å². The Labute approximate surface area is 134 Å². The number of ether oxygens (including phenoxy) is 5. The molecule has 1 unspecified atom stereocenters. The van der Waals surface area contributed by atoms with Crippen LogP contribution in [0.15, 0.2) is 30.3 Å². The first kappa shape index (κ1) is 16.4. The molecule has 1 N–H and O–H groups in total. The van der Waals surface area contributed by atoms with Gasteiger partial charge in [0.2, 0.25) is 0 Å². The molecule has 3 rings (SSSR count). The van der Waals surface area contributed by atoms with Crippen LogP contribution in [0.25, 0.3) is 0 Å². The van der Waals surface area contributed by atoms with Gasteiger partial charge in [-0.15, -0.1) is 0 Å². The Kier molecular flexibility index (Phi) is 4.93. The molecule has 2 saturated heterocycles. The Bertz CT molecular complexity index is 534. The van der Waals surface area contributed by atoms with Crippen molar-refractivity contribution < 1.29 is 33.6 Å². The van der Waals surface area contributed by atoms with Gasteiger partial charge in [-0.2, -0.15) is 0 Å². The number of hydrogen-bond donors (Lipinski definition) is 1. The molecule has 0 saturated carbocycles. The number of aliphatic hydroxyl groups excluding tert-OH is 1. The van der Waals surface area contributed by atoms with E-state index in [9.17, 15) is 9.90 Å². The third-order valence-corrected chi connectivity index (χ3v) is 3.91. The third-order valence-electron chi connectivity index (χ3n) is 3.91. The molecule has 23 heavy (non-hydrogen) atoms. The molecule has 126 valence electrons. The van der Waals surface area contributed by atoms with E-state index in [1.807, 2.05) is 30.3 Å². The molecular formula is C16H20O7. The molecule has 0 radical (unpaired) electrons. The van der Waals surface area contributed by atoms with Gasteiger partial charge in [0.15, 0.2) is 18.7 Å². The number of aliphatic hydroxyl groups is 1. The lowest BCUT2D eigenvalue weighted by atomic mass is 9.97. The number of benzene rings is 1. The highest BCUT2D eigenvalue weighted by atomic mass is 16.8. The van der Waals surface area contributed by atoms with Gasteiger partial charge >= 0.3 is 5.97 Å². The number of rotatable bonds is 3. The average molecular weight is 324 g/mol. The molecule has 2 heterocycles. The second kappa shape index (κ2) is 6.94. The Morgan fingerprint density at radius 2 is 2.00 bits per heavy atom. The number of fused-ring (bicyclic) bond motifs is 1. The quantitative estimate of drug-likeness (QED) is 0.822. The van der Waals surface area contributed by atoms with E-state index in [0.717, 1.165) is 5.56 Å². The van der Waals surface area contributed by atoms with E-state index in [-0.39, 0.29) is 6.61 Å². The van der Waals surface area contributed by atoms with E-state index in [1.165, 1.54) is 14.0 Å². The van der Waals surface area contributed by atoms with Crippen molar-refractivity contribution in [2.45, 2.75) is 43.9 Å². The molecule has 0 amide bonds. The smallest absolute Gasteiger partial charge is 0.303 e. The summed E-state index contributed by atoms with van der Waals surface area (Å²) in [4.78, 5) is 11.4. The molecule has 6 atom stereocenters. The first-order valence-corrected chi connectivity index (χ1v) is 7.45. The summed E-state index contributed by atoms with van der Waals surface area (Å²) in [5.74, 6) is -0.504. The van der Waals surface area contributed by atoms with Crippen molar-refractivity contribution in [1.82, 2.24) is 0 Å². The fourth-order valence-corrected chi connectivity index (χ4v) is 2.86. The molecule has 2 fully saturated rings. The standard InChI is InChI=1S/C16H20O7/c1-9(17)21-14-12(18)16(19-2)22-11-8-20-15(23-13(11)14)10-6-4-3-5-7-10/h3-7,11-16,18H,8H2,1-2H3/t11-,12-,13-,14+,15?,16-/m1/s1. The van der Waals surface area contributed by atoms with E-state index >= 15 is 0 Å². The third kappa shape index (κ3) is 3.39. The Morgan fingerprint density at radius 1 is 1.26 bits per heavy atom. The van der Waals surface area contributed by atoms with E-state index < -0.39 is 43.0 Å². The van der Waals surface area contributed by atoms with Crippen LogP contribution in [0.2, 0.25) is 0 Å². The van der Waals surface area contributed by atoms with Crippen molar-refractivity contribution in [2.24, 2.45) is 0 Å². The zero-order valence-corrected chi connectivity index (χ0v) is 13.0. The molecule has 0 spiro atoms. The van der Waals surface area contributed by atoms with E-state index in [4.69, 9.17) is 23.7 Å². The van der Waals surface area contributed by atoms with Crippen molar-refractivity contribution in [2.75, 3.05) is 13.7 Å². The van der Waals surface area contributed by atoms with Gasteiger partial charge in [0.05, 0.1) is 6.61 Å². The molecule has 1 aromatic carbocycles. The van der Waals surface area contributed by atoms with Crippen LogP contribution in [0.1, 0.15) is 18.8 Å². The zero-order valence-electron chi connectivity index (χ0n) is 13.0. The predicted molar refractivity (Wildman–Crippen MR) is 77.2 cm³/mol. The Hall–Kier alpha value is -1.51. The highest BCUT2D eigenvalue weighted by molar-refractivity contribution is 5.66. The molecule has 0 aromatic heterocycles. The van der Waals surface area contributed by atoms with Gasteiger partial charge in [-0.05, 0) is 0 Å². The van der Waals surface area contributed by atoms with Gasteiger partial charge in [-0.3, -0.25) is 4.79 Å².